The minimum Gasteiger partial charge on any atom is -0.316 e. The molecule has 1 N–H and O–H groups in total. The van der Waals surface area contributed by atoms with E-state index in [0.29, 0.717) is 0 Å². The van der Waals surface area contributed by atoms with Crippen molar-refractivity contribution in [1.29, 1.82) is 0 Å². The van der Waals surface area contributed by atoms with Crippen LogP contribution in [0.4, 0.5) is 0 Å². The second-order valence-corrected chi connectivity index (χ2v) is 5.53. The van der Waals surface area contributed by atoms with Gasteiger partial charge in [-0.05, 0) is 51.8 Å². The van der Waals surface area contributed by atoms with Crippen LogP contribution in [0.25, 0.3) is 0 Å². The zero-order chi connectivity index (χ0) is 11.5. The molecule has 0 aliphatic carbocycles. The molecule has 0 bridgehead atoms. The summed E-state index contributed by atoms with van der Waals surface area (Å²) in [6.45, 7) is 8.58. The van der Waals surface area contributed by atoms with Gasteiger partial charge in [0.1, 0.15) is 0 Å². The van der Waals surface area contributed by atoms with Gasteiger partial charge in [0, 0.05) is 17.1 Å². The normalized spacial score (nSPS) is 16.2. The molecule has 0 unspecified atom stereocenters. The van der Waals surface area contributed by atoms with E-state index < -0.39 is 0 Å². The Kier molecular flexibility index (Phi) is 3.82. The highest BCUT2D eigenvalue weighted by molar-refractivity contribution is 7.99. The number of nitrogens with one attached hydrogen (secondary N) is 1. The van der Waals surface area contributed by atoms with Crippen molar-refractivity contribution in [2.45, 2.75) is 32.3 Å². The number of thioether (sulfide) groups is 1. The van der Waals surface area contributed by atoms with Gasteiger partial charge in [-0.3, -0.25) is 0 Å². The summed E-state index contributed by atoms with van der Waals surface area (Å²) in [6, 6.07) is 0. The summed E-state index contributed by atoms with van der Waals surface area (Å²) in [5, 5.41) is 4.23. The Bertz CT molecular complexity index is 352. The van der Waals surface area contributed by atoms with E-state index in [1.54, 1.807) is 11.8 Å². The summed E-state index contributed by atoms with van der Waals surface area (Å²) >= 11 is 1.79. The highest BCUT2D eigenvalue weighted by atomic mass is 32.2. The molecule has 0 spiro atoms. The third-order valence-electron chi connectivity index (χ3n) is 3.24. The maximum Gasteiger partial charge on any atom is 0.187 e. The van der Waals surface area contributed by atoms with Crippen molar-refractivity contribution >= 4 is 11.8 Å². The Hall–Kier alpha value is -0.610. The molecular formula is C12H19N3S. The van der Waals surface area contributed by atoms with Crippen LogP contribution >= 0.6 is 11.8 Å². The Morgan fingerprint density at radius 2 is 1.81 bits per heavy atom. The Balaban J connectivity index is 1.88. The largest absolute Gasteiger partial charge is 0.316 e. The van der Waals surface area contributed by atoms with Gasteiger partial charge in [-0.2, -0.15) is 0 Å². The third kappa shape index (κ3) is 2.74. The Morgan fingerprint density at radius 3 is 2.31 bits per heavy atom. The first-order valence-corrected chi connectivity index (χ1v) is 6.80. The van der Waals surface area contributed by atoms with Crippen LogP contribution < -0.4 is 5.32 Å². The number of rotatable bonds is 4. The zero-order valence-electron chi connectivity index (χ0n) is 10.2. The van der Waals surface area contributed by atoms with Gasteiger partial charge in [0.15, 0.2) is 5.16 Å². The molecule has 0 amide bonds. The van der Waals surface area contributed by atoms with Gasteiger partial charge in [0.05, 0.1) is 0 Å². The van der Waals surface area contributed by atoms with Crippen molar-refractivity contribution in [2.75, 3.05) is 18.8 Å². The minimum atomic E-state index is 0.875. The summed E-state index contributed by atoms with van der Waals surface area (Å²) in [6.07, 6.45) is 1.27. The quantitative estimate of drug-likeness (QED) is 0.643. The van der Waals surface area contributed by atoms with Crippen molar-refractivity contribution in [3.05, 3.63) is 17.0 Å². The van der Waals surface area contributed by atoms with Crippen molar-refractivity contribution < 1.29 is 0 Å². The fourth-order valence-electron chi connectivity index (χ4n) is 1.68. The molecule has 1 saturated heterocycles. The number of aromatic nitrogens is 2. The van der Waals surface area contributed by atoms with E-state index in [1.807, 2.05) is 0 Å². The molecule has 16 heavy (non-hydrogen) atoms. The standard InChI is InChI=1S/C12H19N3S/c1-8-9(2)14-12(15-10(8)3)16-5-4-11-6-13-7-11/h11,13H,4-7H2,1-3H3. The van der Waals surface area contributed by atoms with Crippen LogP contribution in [0.15, 0.2) is 5.16 Å². The van der Waals surface area contributed by atoms with E-state index in [4.69, 9.17) is 0 Å². The van der Waals surface area contributed by atoms with Gasteiger partial charge in [0.25, 0.3) is 0 Å². The highest BCUT2D eigenvalue weighted by Gasteiger charge is 2.16. The van der Waals surface area contributed by atoms with Crippen LogP contribution in [-0.4, -0.2) is 28.8 Å². The second kappa shape index (κ2) is 5.15. The van der Waals surface area contributed by atoms with E-state index in [2.05, 4.69) is 36.1 Å². The lowest BCUT2D eigenvalue weighted by atomic mass is 10.0. The number of hydrogen-bond acceptors (Lipinski definition) is 4. The lowest BCUT2D eigenvalue weighted by Gasteiger charge is -2.26. The first kappa shape index (κ1) is 11.9. The lowest BCUT2D eigenvalue weighted by molar-refractivity contribution is 0.341. The average molecular weight is 237 g/mol. The average Bonchev–Trinajstić information content (AvgIpc) is 2.18. The van der Waals surface area contributed by atoms with E-state index in [0.717, 1.165) is 28.2 Å². The molecule has 1 aromatic heterocycles. The maximum atomic E-state index is 4.51. The van der Waals surface area contributed by atoms with E-state index in [9.17, 15) is 0 Å². The van der Waals surface area contributed by atoms with Crippen LogP contribution in [0.5, 0.6) is 0 Å². The fraction of sp³-hybridized carbons (Fsp3) is 0.667. The van der Waals surface area contributed by atoms with Crippen molar-refractivity contribution in [3.63, 3.8) is 0 Å². The van der Waals surface area contributed by atoms with Crippen molar-refractivity contribution in [2.24, 2.45) is 5.92 Å². The SMILES string of the molecule is Cc1nc(SCCC2CNC2)nc(C)c1C. The molecular weight excluding hydrogens is 218 g/mol. The summed E-state index contributed by atoms with van der Waals surface area (Å²) in [5.41, 5.74) is 3.44. The molecule has 1 aliphatic rings. The number of aryl methyl sites for hydroxylation is 2. The Labute approximate surface area is 101 Å². The van der Waals surface area contributed by atoms with Crippen LogP contribution in [0.1, 0.15) is 23.4 Å². The zero-order valence-corrected chi connectivity index (χ0v) is 11.0. The highest BCUT2D eigenvalue weighted by Crippen LogP contribution is 2.20. The van der Waals surface area contributed by atoms with Crippen LogP contribution in [0, 0.1) is 26.7 Å². The molecule has 0 radical (unpaired) electrons. The van der Waals surface area contributed by atoms with E-state index in [-0.39, 0.29) is 0 Å². The maximum absolute atomic E-state index is 4.51. The van der Waals surface area contributed by atoms with Gasteiger partial charge in [-0.25, -0.2) is 9.97 Å². The van der Waals surface area contributed by atoms with Gasteiger partial charge in [-0.15, -0.1) is 0 Å². The van der Waals surface area contributed by atoms with Crippen LogP contribution in [0.3, 0.4) is 0 Å². The van der Waals surface area contributed by atoms with Crippen LogP contribution in [0.2, 0.25) is 0 Å². The fourth-order valence-corrected chi connectivity index (χ4v) is 2.71. The van der Waals surface area contributed by atoms with Gasteiger partial charge >= 0.3 is 0 Å². The molecule has 2 rings (SSSR count). The monoisotopic (exact) mass is 237 g/mol. The smallest absolute Gasteiger partial charge is 0.187 e. The van der Waals surface area contributed by atoms with Gasteiger partial charge in [0.2, 0.25) is 0 Å². The van der Waals surface area contributed by atoms with E-state index >= 15 is 0 Å². The minimum absolute atomic E-state index is 0.875. The third-order valence-corrected chi connectivity index (χ3v) is 4.12. The summed E-state index contributed by atoms with van der Waals surface area (Å²) in [5.74, 6) is 2.01. The molecule has 0 saturated carbocycles. The first-order chi connectivity index (χ1) is 7.66. The molecule has 1 aromatic rings. The first-order valence-electron chi connectivity index (χ1n) is 5.82. The molecule has 1 fully saturated rings. The Morgan fingerprint density at radius 1 is 1.19 bits per heavy atom. The molecule has 2 heterocycles. The topological polar surface area (TPSA) is 37.8 Å². The van der Waals surface area contributed by atoms with Gasteiger partial charge < -0.3 is 5.32 Å². The van der Waals surface area contributed by atoms with Crippen molar-refractivity contribution in [3.8, 4) is 0 Å². The molecule has 1 aliphatic heterocycles. The summed E-state index contributed by atoms with van der Waals surface area (Å²) < 4.78 is 0. The van der Waals surface area contributed by atoms with Crippen LogP contribution in [-0.2, 0) is 0 Å². The predicted octanol–water partition coefficient (Wildman–Crippen LogP) is 2.10. The molecule has 0 aromatic carbocycles. The summed E-state index contributed by atoms with van der Waals surface area (Å²) in [4.78, 5) is 9.02. The number of nitrogens with zero attached hydrogens (tertiary/aromatic N) is 2. The van der Waals surface area contributed by atoms with E-state index in [1.165, 1.54) is 25.1 Å². The second-order valence-electron chi connectivity index (χ2n) is 4.46. The molecule has 0 atom stereocenters. The lowest BCUT2D eigenvalue weighted by Crippen LogP contribution is -2.42. The van der Waals surface area contributed by atoms with Crippen molar-refractivity contribution in [1.82, 2.24) is 15.3 Å². The predicted molar refractivity (Wildman–Crippen MR) is 67.9 cm³/mol. The number of hydrogen-bond donors (Lipinski definition) is 1. The molecule has 3 nitrogen and oxygen atoms in total. The molecule has 4 heteroatoms. The summed E-state index contributed by atoms with van der Waals surface area (Å²) in [7, 11) is 0. The van der Waals surface area contributed by atoms with Gasteiger partial charge in [-0.1, -0.05) is 11.8 Å². The molecule has 88 valence electrons.